The average molecular weight is 418 g/mol. The fraction of sp³-hybridized carbons (Fsp3) is 0.500. The van der Waals surface area contributed by atoms with Crippen molar-refractivity contribution < 1.29 is 14.7 Å². The minimum Gasteiger partial charge on any atom is -0.511 e. The number of carbonyl (C=O) groups is 2. The number of ketones is 1. The summed E-state index contributed by atoms with van der Waals surface area (Å²) in [6, 6.07) is 7.41. The van der Waals surface area contributed by atoms with E-state index in [-0.39, 0.29) is 23.4 Å². The number of amides is 1. The molecule has 0 aromatic heterocycles. The van der Waals surface area contributed by atoms with Crippen LogP contribution in [0.1, 0.15) is 37.7 Å². The van der Waals surface area contributed by atoms with E-state index < -0.39 is 0 Å². The van der Waals surface area contributed by atoms with Gasteiger partial charge in [-0.05, 0) is 23.6 Å². The summed E-state index contributed by atoms with van der Waals surface area (Å²) in [5.41, 5.74) is 1.33. The number of carbonyl (C=O) groups excluding carboxylic acids is 2. The fourth-order valence-corrected chi connectivity index (χ4v) is 3.95. The van der Waals surface area contributed by atoms with E-state index in [9.17, 15) is 14.7 Å². The van der Waals surface area contributed by atoms with Gasteiger partial charge in [-0.2, -0.15) is 0 Å². The van der Waals surface area contributed by atoms with Crippen molar-refractivity contribution >= 4 is 29.5 Å². The minimum atomic E-state index is -0.0795. The molecule has 0 bridgehead atoms. The van der Waals surface area contributed by atoms with E-state index >= 15 is 0 Å². The third-order valence-corrected chi connectivity index (χ3v) is 5.87. The van der Waals surface area contributed by atoms with Gasteiger partial charge in [-0.15, -0.1) is 0 Å². The lowest BCUT2D eigenvalue weighted by Gasteiger charge is -2.34. The second-order valence-electron chi connectivity index (χ2n) is 7.55. The van der Waals surface area contributed by atoms with E-state index in [1.807, 2.05) is 24.0 Å². The largest absolute Gasteiger partial charge is 0.511 e. The van der Waals surface area contributed by atoms with Crippen LogP contribution < -0.4 is 0 Å². The van der Waals surface area contributed by atoms with Gasteiger partial charge in [-0.3, -0.25) is 19.5 Å². The molecule has 1 unspecified atom stereocenters. The maximum atomic E-state index is 12.5. The Morgan fingerprint density at radius 2 is 1.90 bits per heavy atom. The molecule has 1 aliphatic carbocycles. The zero-order valence-electron chi connectivity index (χ0n) is 16.8. The van der Waals surface area contributed by atoms with Crippen LogP contribution in [-0.2, 0) is 9.59 Å². The van der Waals surface area contributed by atoms with Crippen molar-refractivity contribution in [2.45, 2.75) is 32.1 Å². The maximum absolute atomic E-state index is 12.5. The van der Waals surface area contributed by atoms with E-state index in [1.54, 1.807) is 12.1 Å². The molecule has 1 fully saturated rings. The van der Waals surface area contributed by atoms with Crippen molar-refractivity contribution in [3.63, 3.8) is 0 Å². The third kappa shape index (κ3) is 5.67. The fourth-order valence-electron chi connectivity index (χ4n) is 3.83. The second-order valence-corrected chi connectivity index (χ2v) is 7.99. The molecule has 0 radical (unpaired) electrons. The van der Waals surface area contributed by atoms with E-state index in [0.29, 0.717) is 36.4 Å². The molecule has 0 saturated carbocycles. The first kappa shape index (κ1) is 21.5. The summed E-state index contributed by atoms with van der Waals surface area (Å²) in [4.78, 5) is 32.8. The number of benzene rings is 1. The highest BCUT2D eigenvalue weighted by atomic mass is 35.5. The smallest absolute Gasteiger partial charge is 0.222 e. The molecule has 1 amide bonds. The van der Waals surface area contributed by atoms with E-state index in [4.69, 9.17) is 11.6 Å². The standard InChI is InChI=1S/C22H28ClN3O3/c1-2-22(29)26-11-9-25(10-12-26)8-7-24-15-19-20(27)13-17(14-21(19)28)16-3-5-18(23)6-4-16/h3-6,15,17,27H,2,7-14H2,1H3. The van der Waals surface area contributed by atoms with E-state index in [0.717, 1.165) is 38.3 Å². The van der Waals surface area contributed by atoms with Crippen LogP contribution in [-0.4, -0.2) is 72.1 Å². The van der Waals surface area contributed by atoms with E-state index in [1.165, 1.54) is 6.21 Å². The molecule has 1 atom stereocenters. The summed E-state index contributed by atoms with van der Waals surface area (Å²) >= 11 is 5.92. The average Bonchev–Trinajstić information content (AvgIpc) is 2.73. The molecular formula is C22H28ClN3O3. The lowest BCUT2D eigenvalue weighted by Crippen LogP contribution is -2.49. The Morgan fingerprint density at radius 1 is 1.21 bits per heavy atom. The van der Waals surface area contributed by atoms with Gasteiger partial charge >= 0.3 is 0 Å². The summed E-state index contributed by atoms with van der Waals surface area (Å²) < 4.78 is 0. The number of halogens is 1. The highest BCUT2D eigenvalue weighted by Gasteiger charge is 2.27. The Balaban J connectivity index is 1.49. The number of aliphatic imine (C=N–C) groups is 1. The molecule has 1 aromatic carbocycles. The monoisotopic (exact) mass is 417 g/mol. The summed E-state index contributed by atoms with van der Waals surface area (Å²) in [6.45, 7) is 6.43. The summed E-state index contributed by atoms with van der Waals surface area (Å²) in [5, 5.41) is 11.0. The maximum Gasteiger partial charge on any atom is 0.222 e. The number of rotatable bonds is 6. The molecule has 0 spiro atoms. The topological polar surface area (TPSA) is 73.2 Å². The van der Waals surface area contributed by atoms with Gasteiger partial charge in [-0.1, -0.05) is 30.7 Å². The molecule has 1 aliphatic heterocycles. The summed E-state index contributed by atoms with van der Waals surface area (Å²) in [6.07, 6.45) is 2.87. The van der Waals surface area contributed by atoms with Crippen molar-refractivity contribution in [1.82, 2.24) is 9.80 Å². The first-order valence-corrected chi connectivity index (χ1v) is 10.6. The molecule has 3 rings (SSSR count). The Hall–Kier alpha value is -2.18. The van der Waals surface area contributed by atoms with Gasteiger partial charge < -0.3 is 10.0 Å². The number of piperazine rings is 1. The number of aliphatic hydroxyl groups excluding tert-OH is 1. The summed E-state index contributed by atoms with van der Waals surface area (Å²) in [7, 11) is 0. The number of Topliss-reactive ketones (excluding diaryl/α,β-unsaturated/α-hetero) is 1. The van der Waals surface area contributed by atoms with Crippen LogP contribution in [0.5, 0.6) is 0 Å². The Bertz CT molecular complexity index is 796. The highest BCUT2D eigenvalue weighted by molar-refractivity contribution is 6.30. The van der Waals surface area contributed by atoms with Crippen molar-refractivity contribution in [2.75, 3.05) is 39.3 Å². The number of hydrogen-bond donors (Lipinski definition) is 1. The highest BCUT2D eigenvalue weighted by Crippen LogP contribution is 2.33. The Labute approximate surface area is 176 Å². The van der Waals surface area contributed by atoms with Crippen molar-refractivity contribution in [2.24, 2.45) is 4.99 Å². The molecule has 6 nitrogen and oxygen atoms in total. The van der Waals surface area contributed by atoms with Gasteiger partial charge in [0, 0.05) is 63.2 Å². The van der Waals surface area contributed by atoms with Gasteiger partial charge in [0.1, 0.15) is 5.76 Å². The minimum absolute atomic E-state index is 0.0287. The van der Waals surface area contributed by atoms with Crippen LogP contribution in [0.3, 0.4) is 0 Å². The first-order chi connectivity index (χ1) is 14.0. The van der Waals surface area contributed by atoms with Crippen molar-refractivity contribution in [1.29, 1.82) is 0 Å². The zero-order valence-corrected chi connectivity index (χ0v) is 17.6. The number of aliphatic hydroxyl groups is 1. The third-order valence-electron chi connectivity index (χ3n) is 5.62. The lowest BCUT2D eigenvalue weighted by molar-refractivity contribution is -0.132. The molecular weight excluding hydrogens is 390 g/mol. The van der Waals surface area contributed by atoms with Crippen LogP contribution in [0, 0.1) is 0 Å². The predicted octanol–water partition coefficient (Wildman–Crippen LogP) is 3.22. The molecule has 1 aromatic rings. The van der Waals surface area contributed by atoms with Crippen LogP contribution >= 0.6 is 11.6 Å². The van der Waals surface area contributed by atoms with Gasteiger partial charge in [-0.25, -0.2) is 0 Å². The Morgan fingerprint density at radius 3 is 2.52 bits per heavy atom. The molecule has 2 aliphatic rings. The van der Waals surface area contributed by atoms with Gasteiger partial charge in [0.2, 0.25) is 5.91 Å². The van der Waals surface area contributed by atoms with Crippen molar-refractivity contribution in [3.8, 4) is 0 Å². The van der Waals surface area contributed by atoms with Gasteiger partial charge in [0.15, 0.2) is 5.78 Å². The molecule has 1 N–H and O–H groups in total. The second kappa shape index (κ2) is 10.0. The normalized spacial score (nSPS) is 21.2. The van der Waals surface area contributed by atoms with Crippen LogP contribution in [0.2, 0.25) is 5.02 Å². The number of allylic oxidation sites excluding steroid dienone is 2. The first-order valence-electron chi connectivity index (χ1n) is 10.2. The summed E-state index contributed by atoms with van der Waals surface area (Å²) in [5.74, 6) is 0.206. The van der Waals surface area contributed by atoms with Gasteiger partial charge in [0.05, 0.1) is 12.1 Å². The Kier molecular flexibility index (Phi) is 7.45. The lowest BCUT2D eigenvalue weighted by atomic mass is 9.83. The van der Waals surface area contributed by atoms with Crippen LogP contribution in [0.4, 0.5) is 0 Å². The van der Waals surface area contributed by atoms with Crippen molar-refractivity contribution in [3.05, 3.63) is 46.2 Å². The molecule has 7 heteroatoms. The quantitative estimate of drug-likeness (QED) is 0.721. The molecule has 156 valence electrons. The number of hydrogen-bond acceptors (Lipinski definition) is 5. The predicted molar refractivity (Wildman–Crippen MR) is 115 cm³/mol. The molecule has 1 heterocycles. The van der Waals surface area contributed by atoms with Crippen LogP contribution in [0.25, 0.3) is 0 Å². The number of nitrogens with zero attached hydrogens (tertiary/aromatic N) is 3. The van der Waals surface area contributed by atoms with Gasteiger partial charge in [0.25, 0.3) is 0 Å². The SMILES string of the molecule is CCC(=O)N1CCN(CCN=CC2=C(O)CC(c3ccc(Cl)cc3)CC2=O)CC1. The molecule has 1 saturated heterocycles. The van der Waals surface area contributed by atoms with Crippen LogP contribution in [0.15, 0.2) is 40.6 Å². The molecule has 29 heavy (non-hydrogen) atoms. The zero-order chi connectivity index (χ0) is 20.8. The van der Waals surface area contributed by atoms with E-state index in [2.05, 4.69) is 9.89 Å².